The number of ketones is 1. The highest BCUT2D eigenvalue weighted by molar-refractivity contribution is 6.16. The Hall–Kier alpha value is -3.78. The lowest BCUT2D eigenvalue weighted by atomic mass is 9.95. The zero-order valence-corrected chi connectivity index (χ0v) is 20.4. The molecule has 0 unspecified atom stereocenters. The van der Waals surface area contributed by atoms with Crippen LogP contribution in [0.25, 0.3) is 11.0 Å². The molecule has 8 nitrogen and oxygen atoms in total. The van der Waals surface area contributed by atoms with Crippen molar-refractivity contribution in [3.8, 4) is 11.5 Å². The zero-order valence-electron chi connectivity index (χ0n) is 20.4. The van der Waals surface area contributed by atoms with Crippen LogP contribution in [0.4, 0.5) is 0 Å². The second-order valence-electron chi connectivity index (χ2n) is 8.64. The van der Waals surface area contributed by atoms with Crippen molar-refractivity contribution in [2.75, 3.05) is 40.9 Å². The van der Waals surface area contributed by atoms with E-state index < -0.39 is 23.5 Å². The molecule has 8 heteroatoms. The molecule has 35 heavy (non-hydrogen) atoms. The fraction of sp³-hybridized carbons (Fsp3) is 0.333. The number of benzene rings is 2. The fourth-order valence-electron chi connectivity index (χ4n) is 4.37. The molecule has 1 N–H and O–H groups in total. The van der Waals surface area contributed by atoms with E-state index in [0.29, 0.717) is 47.6 Å². The van der Waals surface area contributed by atoms with Crippen molar-refractivity contribution in [3.05, 3.63) is 71.2 Å². The van der Waals surface area contributed by atoms with Gasteiger partial charge in [-0.15, -0.1) is 0 Å². The van der Waals surface area contributed by atoms with E-state index in [-0.39, 0.29) is 11.3 Å². The van der Waals surface area contributed by atoms with Gasteiger partial charge in [-0.2, -0.15) is 0 Å². The van der Waals surface area contributed by atoms with Crippen molar-refractivity contribution in [2.45, 2.75) is 19.4 Å². The number of ether oxygens (including phenoxy) is 2. The lowest BCUT2D eigenvalue weighted by molar-refractivity contribution is -0.129. The van der Waals surface area contributed by atoms with Gasteiger partial charge in [-0.25, -0.2) is 0 Å². The van der Waals surface area contributed by atoms with Crippen LogP contribution in [0.3, 0.4) is 0 Å². The number of aliphatic hydroxyl groups is 1. The van der Waals surface area contributed by atoms with Crippen LogP contribution >= 0.6 is 0 Å². The number of carbonyl (C=O) groups is 2. The van der Waals surface area contributed by atoms with E-state index in [1.807, 2.05) is 44.1 Å². The first-order valence-electron chi connectivity index (χ1n) is 11.6. The number of fused-ring (bicyclic) bond motifs is 1. The molecular formula is C27H30N2O6. The van der Waals surface area contributed by atoms with E-state index in [1.54, 1.807) is 35.2 Å². The summed E-state index contributed by atoms with van der Waals surface area (Å²) in [5.41, 5.74) is 1.14. The zero-order chi connectivity index (χ0) is 25.1. The third-order valence-corrected chi connectivity index (χ3v) is 6.01. The number of carbonyl (C=O) groups excluding carboxylic acids is 2. The molecule has 0 radical (unpaired) electrons. The molecule has 4 rings (SSSR count). The van der Waals surface area contributed by atoms with Gasteiger partial charge in [-0.05, 0) is 63.8 Å². The minimum absolute atomic E-state index is 0.00189. The van der Waals surface area contributed by atoms with Crippen molar-refractivity contribution in [1.82, 2.24) is 9.80 Å². The van der Waals surface area contributed by atoms with Gasteiger partial charge >= 0.3 is 0 Å². The number of Topliss-reactive ketones (excluding diaryl/α,β-unsaturated/α-hetero) is 1. The van der Waals surface area contributed by atoms with Crippen molar-refractivity contribution in [1.29, 1.82) is 0 Å². The Morgan fingerprint density at radius 2 is 1.91 bits per heavy atom. The number of rotatable bonds is 10. The quantitative estimate of drug-likeness (QED) is 0.433. The molecule has 0 fully saturated rings. The molecule has 1 aromatic heterocycles. The minimum Gasteiger partial charge on any atom is -0.503 e. The number of furan rings is 1. The molecule has 1 atom stereocenters. The number of para-hydroxylation sites is 1. The number of methoxy groups -OCH3 is 1. The van der Waals surface area contributed by atoms with Gasteiger partial charge in [0.05, 0.1) is 25.3 Å². The third kappa shape index (κ3) is 4.74. The summed E-state index contributed by atoms with van der Waals surface area (Å²) in [5.74, 6) is -0.445. The van der Waals surface area contributed by atoms with Crippen LogP contribution in [0.15, 0.2) is 64.3 Å². The Kier molecular flexibility index (Phi) is 7.12. The van der Waals surface area contributed by atoms with E-state index in [2.05, 4.69) is 0 Å². The number of aliphatic hydroxyl groups excluding tert-OH is 1. The lowest BCUT2D eigenvalue weighted by Gasteiger charge is -2.27. The number of nitrogens with zero attached hydrogens (tertiary/aromatic N) is 2. The van der Waals surface area contributed by atoms with E-state index in [4.69, 9.17) is 13.9 Å². The maximum absolute atomic E-state index is 13.7. The first-order valence-corrected chi connectivity index (χ1v) is 11.6. The van der Waals surface area contributed by atoms with Crippen LogP contribution in [-0.4, -0.2) is 67.5 Å². The summed E-state index contributed by atoms with van der Waals surface area (Å²) >= 11 is 0. The normalized spacial score (nSPS) is 16.0. The van der Waals surface area contributed by atoms with E-state index in [1.165, 1.54) is 7.11 Å². The Morgan fingerprint density at radius 1 is 1.17 bits per heavy atom. The van der Waals surface area contributed by atoms with Gasteiger partial charge in [0, 0.05) is 11.9 Å². The molecule has 0 bridgehead atoms. The lowest BCUT2D eigenvalue weighted by Crippen LogP contribution is -2.33. The van der Waals surface area contributed by atoms with Gasteiger partial charge in [-0.3, -0.25) is 9.59 Å². The predicted octanol–water partition coefficient (Wildman–Crippen LogP) is 4.37. The first kappa shape index (κ1) is 24.3. The minimum atomic E-state index is -0.747. The van der Waals surface area contributed by atoms with Gasteiger partial charge in [0.2, 0.25) is 5.78 Å². The first-order chi connectivity index (χ1) is 16.8. The molecule has 0 spiro atoms. The maximum Gasteiger partial charge on any atom is 0.290 e. The Balaban J connectivity index is 1.74. The topological polar surface area (TPSA) is 92.4 Å². The molecule has 0 saturated carbocycles. The van der Waals surface area contributed by atoms with Gasteiger partial charge in [0.1, 0.15) is 5.75 Å². The number of hydrogen-bond acceptors (Lipinski definition) is 7. The number of amides is 1. The smallest absolute Gasteiger partial charge is 0.290 e. The van der Waals surface area contributed by atoms with Gasteiger partial charge in [0.15, 0.2) is 22.9 Å². The van der Waals surface area contributed by atoms with Crippen molar-refractivity contribution < 1.29 is 28.6 Å². The van der Waals surface area contributed by atoms with Crippen molar-refractivity contribution in [3.63, 3.8) is 0 Å². The molecule has 184 valence electrons. The highest BCUT2D eigenvalue weighted by Crippen LogP contribution is 2.40. The Morgan fingerprint density at radius 3 is 2.57 bits per heavy atom. The average molecular weight is 479 g/mol. The second-order valence-corrected chi connectivity index (χ2v) is 8.64. The summed E-state index contributed by atoms with van der Waals surface area (Å²) in [4.78, 5) is 30.4. The Bertz CT molecular complexity index is 1260. The summed E-state index contributed by atoms with van der Waals surface area (Å²) < 4.78 is 16.7. The van der Waals surface area contributed by atoms with Gasteiger partial charge < -0.3 is 28.8 Å². The van der Waals surface area contributed by atoms with Crippen LogP contribution in [0.2, 0.25) is 0 Å². The predicted molar refractivity (Wildman–Crippen MR) is 132 cm³/mol. The van der Waals surface area contributed by atoms with Crippen LogP contribution in [0.5, 0.6) is 11.5 Å². The van der Waals surface area contributed by atoms with E-state index in [0.717, 1.165) is 6.54 Å². The molecule has 0 saturated heterocycles. The third-order valence-electron chi connectivity index (χ3n) is 6.01. The molecule has 1 amide bonds. The van der Waals surface area contributed by atoms with Crippen LogP contribution in [0.1, 0.15) is 35.5 Å². The van der Waals surface area contributed by atoms with Crippen LogP contribution in [0, 0.1) is 0 Å². The fourth-order valence-corrected chi connectivity index (χ4v) is 4.37. The summed E-state index contributed by atoms with van der Waals surface area (Å²) in [6, 6.07) is 13.4. The van der Waals surface area contributed by atoms with Gasteiger partial charge in [0.25, 0.3) is 5.91 Å². The van der Waals surface area contributed by atoms with E-state index in [9.17, 15) is 14.7 Å². The summed E-state index contributed by atoms with van der Waals surface area (Å²) in [6.07, 6.45) is 0.683. The average Bonchev–Trinajstić information content (AvgIpc) is 3.39. The van der Waals surface area contributed by atoms with Crippen LogP contribution < -0.4 is 9.47 Å². The summed E-state index contributed by atoms with van der Waals surface area (Å²) in [6.45, 7) is 3.56. The molecule has 1 aliphatic rings. The molecule has 2 aromatic carbocycles. The highest BCUT2D eigenvalue weighted by atomic mass is 16.5. The summed E-state index contributed by atoms with van der Waals surface area (Å²) in [5, 5.41) is 11.6. The van der Waals surface area contributed by atoms with Crippen molar-refractivity contribution >= 4 is 22.7 Å². The highest BCUT2D eigenvalue weighted by Gasteiger charge is 2.44. The van der Waals surface area contributed by atoms with Gasteiger partial charge in [-0.1, -0.05) is 24.3 Å². The molecular weight excluding hydrogens is 448 g/mol. The SMILES string of the molecule is CCOc1ccc([C@@H]2C(C(=O)c3cc4cccc(OC)c4o3)=C(O)C(=O)N2CCCN(C)C)cc1. The monoisotopic (exact) mass is 478 g/mol. The molecule has 1 aliphatic heterocycles. The molecule has 2 heterocycles. The second kappa shape index (κ2) is 10.2. The maximum atomic E-state index is 13.7. The largest absolute Gasteiger partial charge is 0.503 e. The van der Waals surface area contributed by atoms with Crippen LogP contribution in [-0.2, 0) is 4.79 Å². The molecule has 3 aromatic rings. The molecule has 0 aliphatic carbocycles. The van der Waals surface area contributed by atoms with Crippen molar-refractivity contribution in [2.24, 2.45) is 0 Å². The summed E-state index contributed by atoms with van der Waals surface area (Å²) in [7, 11) is 5.43. The Labute approximate surface area is 204 Å². The number of hydrogen-bond donors (Lipinski definition) is 1. The standard InChI is InChI=1S/C27H30N2O6/c1-5-34-19-12-10-17(11-13-19)23-22(25(31)27(32)29(23)15-7-14-28(2)3)24(30)21-16-18-8-6-9-20(33-4)26(18)35-21/h6,8-13,16,23,31H,5,7,14-15H2,1-4H3/t23-/m1/s1. The van der Waals surface area contributed by atoms with E-state index >= 15 is 0 Å².